The number of hydrogen-bond acceptors (Lipinski definition) is 4. The minimum absolute atomic E-state index is 0.658. The lowest BCUT2D eigenvalue weighted by Gasteiger charge is -2.00. The summed E-state index contributed by atoms with van der Waals surface area (Å²) in [5, 5.41) is 4.60. The number of hydrogen-bond donors (Lipinski definition) is 1. The van der Waals surface area contributed by atoms with Crippen LogP contribution in [0.4, 0.5) is 0 Å². The molecule has 0 saturated carbocycles. The number of imidazole rings is 1. The Kier molecular flexibility index (Phi) is 3.06. The second-order valence-corrected chi connectivity index (χ2v) is 5.87. The topological polar surface area (TPSA) is 71.8 Å². The molecule has 0 unspecified atom stereocenters. The van der Waals surface area contributed by atoms with E-state index in [0.717, 1.165) is 39.3 Å². The first kappa shape index (κ1) is 13.9. The van der Waals surface area contributed by atoms with E-state index in [4.69, 9.17) is 4.98 Å². The van der Waals surface area contributed by atoms with Crippen LogP contribution in [-0.4, -0.2) is 29.5 Å². The number of aromatic nitrogens is 6. The van der Waals surface area contributed by atoms with Crippen LogP contribution in [0, 0.1) is 0 Å². The summed E-state index contributed by atoms with van der Waals surface area (Å²) in [6.07, 6.45) is 5.95. The van der Waals surface area contributed by atoms with Crippen molar-refractivity contribution >= 4 is 16.7 Å². The highest BCUT2D eigenvalue weighted by Crippen LogP contribution is 2.21. The van der Waals surface area contributed by atoms with Crippen LogP contribution in [-0.2, 0) is 6.42 Å². The highest BCUT2D eigenvalue weighted by Gasteiger charge is 2.11. The van der Waals surface area contributed by atoms with Gasteiger partial charge in [0.2, 0.25) is 0 Å². The first-order valence-electron chi connectivity index (χ1n) is 8.04. The smallest absolute Gasteiger partial charge is 0.181 e. The molecule has 0 bridgehead atoms. The van der Waals surface area contributed by atoms with E-state index < -0.39 is 0 Å². The molecule has 0 spiro atoms. The zero-order valence-corrected chi connectivity index (χ0v) is 13.3. The van der Waals surface area contributed by atoms with E-state index in [0.29, 0.717) is 6.42 Å². The molecule has 0 aliphatic rings. The van der Waals surface area contributed by atoms with E-state index in [-0.39, 0.29) is 0 Å². The van der Waals surface area contributed by atoms with Crippen molar-refractivity contribution in [1.29, 1.82) is 0 Å². The number of benzene rings is 2. The molecule has 120 valence electrons. The fourth-order valence-electron chi connectivity index (χ4n) is 3.01. The van der Waals surface area contributed by atoms with Gasteiger partial charge in [0.25, 0.3) is 0 Å². The molecule has 0 fully saturated rings. The second-order valence-electron chi connectivity index (χ2n) is 5.87. The van der Waals surface area contributed by atoms with Crippen LogP contribution in [0.3, 0.4) is 0 Å². The summed E-state index contributed by atoms with van der Waals surface area (Å²) >= 11 is 0. The van der Waals surface area contributed by atoms with E-state index >= 15 is 0 Å². The van der Waals surface area contributed by atoms with Crippen LogP contribution in [0.25, 0.3) is 27.9 Å². The summed E-state index contributed by atoms with van der Waals surface area (Å²) in [7, 11) is 0. The van der Waals surface area contributed by atoms with E-state index in [1.165, 1.54) is 0 Å². The number of rotatable bonds is 3. The van der Waals surface area contributed by atoms with Gasteiger partial charge in [-0.05, 0) is 17.7 Å². The van der Waals surface area contributed by atoms with Crippen molar-refractivity contribution in [2.45, 2.75) is 6.42 Å². The van der Waals surface area contributed by atoms with Gasteiger partial charge in [-0.2, -0.15) is 5.10 Å². The molecule has 6 nitrogen and oxygen atoms in total. The minimum atomic E-state index is 0.658. The molecule has 3 heterocycles. The third kappa shape index (κ3) is 2.44. The predicted molar refractivity (Wildman–Crippen MR) is 95.1 cm³/mol. The molecule has 0 radical (unpaired) electrons. The summed E-state index contributed by atoms with van der Waals surface area (Å²) in [6, 6.07) is 16.2. The Morgan fingerprint density at radius 1 is 1.00 bits per heavy atom. The van der Waals surface area contributed by atoms with Crippen molar-refractivity contribution < 1.29 is 0 Å². The van der Waals surface area contributed by atoms with Crippen molar-refractivity contribution in [3.05, 3.63) is 78.6 Å². The Balaban J connectivity index is 1.56. The van der Waals surface area contributed by atoms with Crippen molar-refractivity contribution in [1.82, 2.24) is 29.5 Å². The molecule has 0 atom stereocenters. The van der Waals surface area contributed by atoms with Crippen LogP contribution in [0.1, 0.15) is 11.4 Å². The van der Waals surface area contributed by atoms with Gasteiger partial charge < -0.3 is 4.98 Å². The Labute approximate surface area is 143 Å². The quantitative estimate of drug-likeness (QED) is 0.552. The normalized spacial score (nSPS) is 11.4. The number of aromatic amines is 1. The first-order valence-corrected chi connectivity index (χ1v) is 8.04. The lowest BCUT2D eigenvalue weighted by atomic mass is 10.1. The van der Waals surface area contributed by atoms with Crippen molar-refractivity contribution in [3.63, 3.8) is 0 Å². The van der Waals surface area contributed by atoms with Crippen molar-refractivity contribution in [2.75, 3.05) is 0 Å². The van der Waals surface area contributed by atoms with Gasteiger partial charge in [-0.25, -0.2) is 14.5 Å². The molecule has 0 aliphatic heterocycles. The zero-order valence-electron chi connectivity index (χ0n) is 13.3. The monoisotopic (exact) mass is 326 g/mol. The van der Waals surface area contributed by atoms with Crippen LogP contribution < -0.4 is 0 Å². The van der Waals surface area contributed by atoms with E-state index in [2.05, 4.69) is 32.2 Å². The predicted octanol–water partition coefficient (Wildman–Crippen LogP) is 3.26. The summed E-state index contributed by atoms with van der Waals surface area (Å²) in [6.45, 7) is 0. The van der Waals surface area contributed by atoms with Gasteiger partial charge in [0, 0.05) is 24.4 Å². The van der Waals surface area contributed by atoms with Gasteiger partial charge >= 0.3 is 0 Å². The highest BCUT2D eigenvalue weighted by atomic mass is 15.3. The van der Waals surface area contributed by atoms with E-state index in [1.807, 2.05) is 42.6 Å². The molecular formula is C19H14N6. The number of nitrogens with zero attached hydrogens (tertiary/aromatic N) is 5. The average molecular weight is 326 g/mol. The average Bonchev–Trinajstić information content (AvgIpc) is 3.27. The maximum atomic E-state index is 4.72. The molecular weight excluding hydrogens is 312 g/mol. The molecule has 2 aromatic carbocycles. The lowest BCUT2D eigenvalue weighted by molar-refractivity contribution is 0.894. The molecule has 6 heteroatoms. The van der Waals surface area contributed by atoms with Crippen LogP contribution in [0.2, 0.25) is 0 Å². The third-order valence-electron chi connectivity index (χ3n) is 4.19. The maximum Gasteiger partial charge on any atom is 0.181 e. The summed E-state index contributed by atoms with van der Waals surface area (Å²) < 4.78 is 1.79. The summed E-state index contributed by atoms with van der Waals surface area (Å²) in [5.41, 5.74) is 5.76. The Bertz CT molecular complexity index is 1170. The first-order chi connectivity index (χ1) is 12.4. The number of H-pyrrole nitrogens is 1. The molecule has 25 heavy (non-hydrogen) atoms. The summed E-state index contributed by atoms with van der Waals surface area (Å²) in [5.74, 6) is 0.768. The second kappa shape index (κ2) is 5.52. The lowest BCUT2D eigenvalue weighted by Crippen LogP contribution is -1.93. The fourth-order valence-corrected chi connectivity index (χ4v) is 3.01. The van der Waals surface area contributed by atoms with Crippen LogP contribution in [0.5, 0.6) is 0 Å². The Morgan fingerprint density at radius 3 is 2.84 bits per heavy atom. The zero-order chi connectivity index (χ0) is 16.6. The summed E-state index contributed by atoms with van der Waals surface area (Å²) in [4.78, 5) is 16.6. The van der Waals surface area contributed by atoms with Gasteiger partial charge in [0.05, 0.1) is 17.4 Å². The third-order valence-corrected chi connectivity index (χ3v) is 4.19. The van der Waals surface area contributed by atoms with Gasteiger partial charge in [0.15, 0.2) is 11.5 Å². The fraction of sp³-hybridized carbons (Fsp3) is 0.0526. The molecule has 0 aliphatic carbocycles. The minimum Gasteiger partial charge on any atom is -0.345 e. The van der Waals surface area contributed by atoms with Crippen molar-refractivity contribution in [2.24, 2.45) is 0 Å². The molecule has 5 aromatic rings. The van der Waals surface area contributed by atoms with Gasteiger partial charge in [0.1, 0.15) is 5.69 Å². The maximum absolute atomic E-state index is 4.72. The Hall–Kier alpha value is -3.54. The van der Waals surface area contributed by atoms with E-state index in [1.54, 1.807) is 17.0 Å². The van der Waals surface area contributed by atoms with Crippen LogP contribution in [0.15, 0.2) is 67.3 Å². The standard InChI is InChI=1S/C19H14N6/c1-2-4-14(5-3-1)18-19-23-17(24-25(19)9-8-20-18)11-13-6-7-15-16(10-13)22-12-21-15/h1-10,12H,11H2,(H,21,22). The Morgan fingerprint density at radius 2 is 1.92 bits per heavy atom. The largest absolute Gasteiger partial charge is 0.345 e. The van der Waals surface area contributed by atoms with Crippen molar-refractivity contribution in [3.8, 4) is 11.3 Å². The highest BCUT2D eigenvalue weighted by molar-refractivity contribution is 5.75. The van der Waals surface area contributed by atoms with Gasteiger partial charge in [-0.15, -0.1) is 0 Å². The van der Waals surface area contributed by atoms with Crippen LogP contribution >= 0.6 is 0 Å². The number of fused-ring (bicyclic) bond motifs is 2. The molecule has 3 aromatic heterocycles. The molecule has 1 N–H and O–H groups in total. The van der Waals surface area contributed by atoms with Gasteiger partial charge in [-0.1, -0.05) is 36.4 Å². The number of nitrogens with one attached hydrogen (secondary N) is 1. The van der Waals surface area contributed by atoms with Gasteiger partial charge in [-0.3, -0.25) is 4.98 Å². The van der Waals surface area contributed by atoms with E-state index in [9.17, 15) is 0 Å². The SMILES string of the molecule is c1ccc(-c2nccn3nc(Cc4ccc5nc[nH]c5c4)nc23)cc1. The molecule has 0 amide bonds. The molecule has 5 rings (SSSR count). The molecule has 0 saturated heterocycles.